The first-order valence-corrected chi connectivity index (χ1v) is 6.83. The fourth-order valence-corrected chi connectivity index (χ4v) is 2.57. The van der Waals surface area contributed by atoms with Gasteiger partial charge in [-0.1, -0.05) is 19.9 Å². The highest BCUT2D eigenvalue weighted by molar-refractivity contribution is 8.00. The second kappa shape index (κ2) is 4.34. The van der Waals surface area contributed by atoms with Gasteiger partial charge in [0.25, 0.3) is 0 Å². The van der Waals surface area contributed by atoms with Crippen molar-refractivity contribution < 1.29 is 4.79 Å². The molecule has 0 saturated heterocycles. The first kappa shape index (κ1) is 11.9. The zero-order chi connectivity index (χ0) is 11.8. The molecule has 0 aromatic heterocycles. The fourth-order valence-electron chi connectivity index (χ4n) is 1.60. The molecule has 0 unspecified atom stereocenters. The highest BCUT2D eigenvalue weighted by Crippen LogP contribution is 2.35. The Morgan fingerprint density at radius 2 is 2.25 bits per heavy atom. The number of thioether (sulfide) groups is 1. The predicted octanol–water partition coefficient (Wildman–Crippen LogP) is 2.94. The van der Waals surface area contributed by atoms with Crippen LogP contribution in [0, 0.1) is 0 Å². The maximum atomic E-state index is 11.3. The number of amides is 1. The van der Waals surface area contributed by atoms with E-state index in [1.807, 2.05) is 0 Å². The Labute approximate surface area is 106 Å². The van der Waals surface area contributed by atoms with Crippen molar-refractivity contribution in [3.63, 3.8) is 0 Å². The van der Waals surface area contributed by atoms with Crippen molar-refractivity contribution in [2.75, 3.05) is 16.8 Å². The molecule has 0 bridgehead atoms. The summed E-state index contributed by atoms with van der Waals surface area (Å²) in [5.41, 5.74) is 2.18. The molecule has 1 aliphatic heterocycles. The van der Waals surface area contributed by atoms with E-state index in [0.717, 1.165) is 16.3 Å². The molecule has 4 heteroatoms. The zero-order valence-electron chi connectivity index (χ0n) is 9.41. The molecule has 1 aromatic rings. The lowest BCUT2D eigenvalue weighted by Crippen LogP contribution is -2.22. The van der Waals surface area contributed by atoms with Gasteiger partial charge in [0.1, 0.15) is 0 Å². The molecule has 1 amide bonds. The van der Waals surface area contributed by atoms with Crippen LogP contribution >= 0.6 is 24.4 Å². The minimum Gasteiger partial charge on any atom is -0.324 e. The van der Waals surface area contributed by atoms with E-state index in [2.05, 4.69) is 50.0 Å². The number of rotatable bonds is 2. The molecule has 1 aromatic carbocycles. The van der Waals surface area contributed by atoms with Crippen LogP contribution in [0.4, 0.5) is 5.69 Å². The summed E-state index contributed by atoms with van der Waals surface area (Å²) in [6.07, 6.45) is 0. The molecule has 2 nitrogen and oxygen atoms in total. The summed E-state index contributed by atoms with van der Waals surface area (Å²) in [6.45, 7) is 4.30. The van der Waals surface area contributed by atoms with Crippen molar-refractivity contribution in [3.05, 3.63) is 23.8 Å². The largest absolute Gasteiger partial charge is 0.324 e. The Bertz CT molecular complexity index is 429. The van der Waals surface area contributed by atoms with E-state index in [-0.39, 0.29) is 11.3 Å². The van der Waals surface area contributed by atoms with E-state index in [9.17, 15) is 4.79 Å². The Balaban J connectivity index is 2.38. The first-order chi connectivity index (χ1) is 7.53. The average molecular weight is 253 g/mol. The van der Waals surface area contributed by atoms with Crippen LogP contribution in [0.3, 0.4) is 0 Å². The molecule has 2 rings (SSSR count). The molecule has 86 valence electrons. The number of hydrogen-bond donors (Lipinski definition) is 2. The van der Waals surface area contributed by atoms with Gasteiger partial charge < -0.3 is 5.32 Å². The molecule has 16 heavy (non-hydrogen) atoms. The fraction of sp³-hybridized carbons (Fsp3) is 0.417. The summed E-state index contributed by atoms with van der Waals surface area (Å²) in [7, 11) is 0. The van der Waals surface area contributed by atoms with Crippen LogP contribution in [0.1, 0.15) is 19.4 Å². The van der Waals surface area contributed by atoms with Gasteiger partial charge in [0.05, 0.1) is 11.4 Å². The summed E-state index contributed by atoms with van der Waals surface area (Å²) in [5.74, 6) is 1.38. The van der Waals surface area contributed by atoms with Crippen LogP contribution < -0.4 is 5.32 Å². The van der Waals surface area contributed by atoms with E-state index in [0.29, 0.717) is 5.75 Å². The summed E-state index contributed by atoms with van der Waals surface area (Å²) >= 11 is 5.96. The number of carbonyl (C=O) groups excluding carboxylic acids is 1. The normalized spacial score (nSPS) is 15.6. The van der Waals surface area contributed by atoms with Crippen LogP contribution in [-0.2, 0) is 10.2 Å². The Kier molecular flexibility index (Phi) is 3.22. The lowest BCUT2D eigenvalue weighted by atomic mass is 9.86. The summed E-state index contributed by atoms with van der Waals surface area (Å²) in [5, 5.41) is 2.91. The second-order valence-corrected chi connectivity index (χ2v) is 5.92. The molecule has 1 heterocycles. The molecule has 1 N–H and O–H groups in total. The van der Waals surface area contributed by atoms with Crippen molar-refractivity contribution in [2.45, 2.75) is 24.2 Å². The molecular formula is C12H15NOS2. The van der Waals surface area contributed by atoms with Gasteiger partial charge in [-0.15, -0.1) is 11.8 Å². The van der Waals surface area contributed by atoms with Crippen molar-refractivity contribution in [1.29, 1.82) is 0 Å². The van der Waals surface area contributed by atoms with E-state index in [1.54, 1.807) is 11.8 Å². The molecular weight excluding hydrogens is 238 g/mol. The SMILES string of the molecule is CC(C)(CS)c1ccc2c(c1)NC(=O)CS2. The molecule has 1 aliphatic rings. The van der Waals surface area contributed by atoms with Gasteiger partial charge in [-0.2, -0.15) is 12.6 Å². The predicted molar refractivity (Wildman–Crippen MR) is 72.7 cm³/mol. The number of carbonyl (C=O) groups is 1. The van der Waals surface area contributed by atoms with E-state index < -0.39 is 0 Å². The third kappa shape index (κ3) is 2.23. The highest BCUT2D eigenvalue weighted by Gasteiger charge is 2.22. The summed E-state index contributed by atoms with van der Waals surface area (Å²) < 4.78 is 0. The number of hydrogen-bond acceptors (Lipinski definition) is 3. The smallest absolute Gasteiger partial charge is 0.234 e. The summed E-state index contributed by atoms with van der Waals surface area (Å²) in [6, 6.07) is 6.27. The number of fused-ring (bicyclic) bond motifs is 1. The Morgan fingerprint density at radius 3 is 2.94 bits per heavy atom. The molecule has 0 spiro atoms. The molecule has 0 radical (unpaired) electrons. The van der Waals surface area contributed by atoms with Gasteiger partial charge >= 0.3 is 0 Å². The highest BCUT2D eigenvalue weighted by atomic mass is 32.2. The van der Waals surface area contributed by atoms with Crippen molar-refractivity contribution in [3.8, 4) is 0 Å². The average Bonchev–Trinajstić information content (AvgIpc) is 2.28. The van der Waals surface area contributed by atoms with Crippen LogP contribution in [0.2, 0.25) is 0 Å². The molecule has 0 atom stereocenters. The van der Waals surface area contributed by atoms with Gasteiger partial charge in [-0.3, -0.25) is 4.79 Å². The maximum absolute atomic E-state index is 11.3. The number of anilines is 1. The van der Waals surface area contributed by atoms with Crippen LogP contribution in [0.25, 0.3) is 0 Å². The monoisotopic (exact) mass is 253 g/mol. The first-order valence-electron chi connectivity index (χ1n) is 5.21. The van der Waals surface area contributed by atoms with Crippen molar-refractivity contribution >= 4 is 36.0 Å². The number of benzene rings is 1. The zero-order valence-corrected chi connectivity index (χ0v) is 11.1. The third-order valence-electron chi connectivity index (χ3n) is 2.79. The van der Waals surface area contributed by atoms with Gasteiger partial charge in [0, 0.05) is 4.90 Å². The van der Waals surface area contributed by atoms with Crippen LogP contribution in [0.5, 0.6) is 0 Å². The van der Waals surface area contributed by atoms with Crippen molar-refractivity contribution in [1.82, 2.24) is 0 Å². The lowest BCUT2D eigenvalue weighted by molar-refractivity contribution is -0.113. The van der Waals surface area contributed by atoms with Crippen molar-refractivity contribution in [2.24, 2.45) is 0 Å². The number of nitrogens with one attached hydrogen (secondary N) is 1. The van der Waals surface area contributed by atoms with Gasteiger partial charge in [-0.05, 0) is 28.9 Å². The summed E-state index contributed by atoms with van der Waals surface area (Å²) in [4.78, 5) is 12.5. The minimum atomic E-state index is 0.0327. The van der Waals surface area contributed by atoms with Crippen LogP contribution in [0.15, 0.2) is 23.1 Å². The van der Waals surface area contributed by atoms with Gasteiger partial charge in [0.15, 0.2) is 0 Å². The van der Waals surface area contributed by atoms with E-state index in [1.165, 1.54) is 5.56 Å². The van der Waals surface area contributed by atoms with E-state index >= 15 is 0 Å². The molecule has 0 saturated carbocycles. The Morgan fingerprint density at radius 1 is 1.50 bits per heavy atom. The molecule has 0 fully saturated rings. The van der Waals surface area contributed by atoms with Gasteiger partial charge in [0.2, 0.25) is 5.91 Å². The topological polar surface area (TPSA) is 29.1 Å². The lowest BCUT2D eigenvalue weighted by Gasteiger charge is -2.25. The van der Waals surface area contributed by atoms with E-state index in [4.69, 9.17) is 0 Å². The maximum Gasteiger partial charge on any atom is 0.234 e. The van der Waals surface area contributed by atoms with Crippen LogP contribution in [-0.4, -0.2) is 17.4 Å². The second-order valence-electron chi connectivity index (χ2n) is 4.59. The number of thiol groups is 1. The quantitative estimate of drug-likeness (QED) is 0.794. The Hall–Kier alpha value is -0.610. The minimum absolute atomic E-state index is 0.0327. The van der Waals surface area contributed by atoms with Gasteiger partial charge in [-0.25, -0.2) is 0 Å². The third-order valence-corrected chi connectivity index (χ3v) is 4.65. The standard InChI is InChI=1S/C12H15NOS2/c1-12(2,7-15)8-3-4-10-9(5-8)13-11(14)6-16-10/h3-5,15H,6-7H2,1-2H3,(H,13,14). The molecule has 0 aliphatic carbocycles.